The molecule has 0 spiro atoms. The van der Waals surface area contributed by atoms with Crippen molar-refractivity contribution in [3.63, 3.8) is 0 Å². The van der Waals surface area contributed by atoms with Crippen molar-refractivity contribution in [3.8, 4) is 5.75 Å². The van der Waals surface area contributed by atoms with Gasteiger partial charge in [0.1, 0.15) is 11.9 Å². The molecule has 0 saturated heterocycles. The van der Waals surface area contributed by atoms with Crippen molar-refractivity contribution in [1.82, 2.24) is 0 Å². The summed E-state index contributed by atoms with van der Waals surface area (Å²) in [6, 6.07) is 4.81. The van der Waals surface area contributed by atoms with Gasteiger partial charge < -0.3 is 5.11 Å². The third-order valence-corrected chi connectivity index (χ3v) is 3.68. The molecule has 3 nitrogen and oxygen atoms in total. The van der Waals surface area contributed by atoms with Crippen molar-refractivity contribution in [1.29, 1.82) is 0 Å². The second-order valence-corrected chi connectivity index (χ2v) is 4.83. The molecule has 0 aromatic heterocycles. The van der Waals surface area contributed by atoms with E-state index in [0.29, 0.717) is 0 Å². The molecule has 1 aliphatic carbocycles. The van der Waals surface area contributed by atoms with Crippen LogP contribution in [0.2, 0.25) is 0 Å². The number of carbonyl (C=O) groups excluding carboxylic acids is 1. The second-order valence-electron chi connectivity index (χ2n) is 4.83. The van der Waals surface area contributed by atoms with Crippen molar-refractivity contribution in [2.75, 3.05) is 0 Å². The molecule has 18 heavy (non-hydrogen) atoms. The highest BCUT2D eigenvalue weighted by Gasteiger charge is 2.36. The van der Waals surface area contributed by atoms with Gasteiger partial charge in [0.05, 0.1) is 5.54 Å². The molecule has 0 aliphatic heterocycles. The third kappa shape index (κ3) is 2.16. The lowest BCUT2D eigenvalue weighted by atomic mass is 9.87. The van der Waals surface area contributed by atoms with Crippen LogP contribution in [0.25, 0.3) is 0 Å². The number of halogens is 1. The topological polar surface area (TPSA) is 49.7 Å². The number of alkyl halides is 1. The normalized spacial score (nSPS) is 19.2. The molecule has 1 aromatic carbocycles. The quantitative estimate of drug-likeness (QED) is 0.658. The number of aromatic hydroxyl groups is 1. The summed E-state index contributed by atoms with van der Waals surface area (Å²) in [5, 5.41) is 9.61. The molecule has 2 rings (SSSR count). The van der Waals surface area contributed by atoms with E-state index in [-0.39, 0.29) is 11.3 Å². The molecule has 0 heterocycles. The molecular formula is C14H16FNO2. The van der Waals surface area contributed by atoms with Gasteiger partial charge in [-0.25, -0.2) is 9.18 Å². The minimum atomic E-state index is -1.25. The maximum absolute atomic E-state index is 13.4. The summed E-state index contributed by atoms with van der Waals surface area (Å²) >= 11 is 0. The van der Waals surface area contributed by atoms with Gasteiger partial charge in [-0.15, -0.1) is 0 Å². The first kappa shape index (κ1) is 12.8. The predicted molar refractivity (Wildman–Crippen MR) is 65.9 cm³/mol. The van der Waals surface area contributed by atoms with Gasteiger partial charge in [-0.3, -0.25) is 0 Å². The molecule has 0 radical (unpaired) electrons. The van der Waals surface area contributed by atoms with E-state index in [0.717, 1.165) is 31.2 Å². The van der Waals surface area contributed by atoms with Crippen LogP contribution in [0.15, 0.2) is 23.2 Å². The monoisotopic (exact) mass is 249 g/mol. The van der Waals surface area contributed by atoms with Crippen LogP contribution in [0, 0.1) is 0 Å². The Morgan fingerprint density at radius 2 is 2.11 bits per heavy atom. The number of hydrogen-bond acceptors (Lipinski definition) is 3. The molecule has 1 aromatic rings. The number of hydrogen-bond donors (Lipinski definition) is 1. The highest BCUT2D eigenvalue weighted by molar-refractivity contribution is 5.43. The fourth-order valence-electron chi connectivity index (χ4n) is 2.67. The summed E-state index contributed by atoms with van der Waals surface area (Å²) in [6.07, 6.45) is 3.91. The van der Waals surface area contributed by atoms with Gasteiger partial charge in [0.15, 0.2) is 0 Å². The van der Waals surface area contributed by atoms with Gasteiger partial charge in [-0.05, 0) is 37.5 Å². The van der Waals surface area contributed by atoms with Crippen LogP contribution in [0.5, 0.6) is 5.75 Å². The second kappa shape index (κ2) is 4.91. The lowest BCUT2D eigenvalue weighted by molar-refractivity contribution is 0.354. The smallest absolute Gasteiger partial charge is 0.235 e. The maximum atomic E-state index is 13.4. The Morgan fingerprint density at radius 1 is 1.44 bits per heavy atom. The number of nitrogens with zero attached hydrogens (tertiary/aromatic N) is 1. The lowest BCUT2D eigenvalue weighted by Gasteiger charge is -2.24. The number of benzene rings is 1. The Balaban J connectivity index is 2.49. The van der Waals surface area contributed by atoms with Gasteiger partial charge >= 0.3 is 0 Å². The van der Waals surface area contributed by atoms with Crippen LogP contribution >= 0.6 is 0 Å². The van der Waals surface area contributed by atoms with Crippen LogP contribution in [0.3, 0.4) is 0 Å². The fraction of sp³-hybridized carbons (Fsp3) is 0.500. The number of phenolic OH excluding ortho intramolecular Hbond substituents is 1. The van der Waals surface area contributed by atoms with E-state index < -0.39 is 11.7 Å². The molecule has 1 atom stereocenters. The SMILES string of the molecule is CC(F)c1cc(C2(N=C=O)CCCC2)ccc1O. The van der Waals surface area contributed by atoms with Gasteiger partial charge in [-0.2, -0.15) is 4.99 Å². The Labute approximate surface area is 105 Å². The zero-order valence-electron chi connectivity index (χ0n) is 10.3. The van der Waals surface area contributed by atoms with E-state index in [1.165, 1.54) is 13.0 Å². The third-order valence-electron chi connectivity index (χ3n) is 3.68. The summed E-state index contributed by atoms with van der Waals surface area (Å²) < 4.78 is 13.4. The maximum Gasteiger partial charge on any atom is 0.235 e. The van der Waals surface area contributed by atoms with E-state index in [1.54, 1.807) is 18.2 Å². The van der Waals surface area contributed by atoms with Crippen molar-refractivity contribution in [3.05, 3.63) is 29.3 Å². The summed E-state index contributed by atoms with van der Waals surface area (Å²) in [5.41, 5.74) is 0.472. The van der Waals surface area contributed by atoms with Crippen LogP contribution in [-0.4, -0.2) is 11.2 Å². The first-order chi connectivity index (χ1) is 8.59. The first-order valence-corrected chi connectivity index (χ1v) is 6.15. The fourth-order valence-corrected chi connectivity index (χ4v) is 2.67. The average molecular weight is 249 g/mol. The molecule has 0 amide bonds. The van der Waals surface area contributed by atoms with E-state index >= 15 is 0 Å². The lowest BCUT2D eigenvalue weighted by Crippen LogP contribution is -2.19. The number of aliphatic imine (C=N–C) groups is 1. The molecular weight excluding hydrogens is 233 g/mol. The Morgan fingerprint density at radius 3 is 2.67 bits per heavy atom. The minimum absolute atomic E-state index is 0.0584. The van der Waals surface area contributed by atoms with Crippen LogP contribution in [0.1, 0.15) is 49.9 Å². The van der Waals surface area contributed by atoms with Gasteiger partial charge in [-0.1, -0.05) is 18.9 Å². The summed E-state index contributed by atoms with van der Waals surface area (Å²) in [7, 11) is 0. The first-order valence-electron chi connectivity index (χ1n) is 6.15. The van der Waals surface area contributed by atoms with E-state index in [4.69, 9.17) is 0 Å². The van der Waals surface area contributed by atoms with Crippen LogP contribution in [-0.2, 0) is 10.3 Å². The van der Waals surface area contributed by atoms with Gasteiger partial charge in [0.25, 0.3) is 0 Å². The Bertz CT molecular complexity index is 487. The zero-order chi connectivity index (χ0) is 13.2. The molecule has 1 N–H and O–H groups in total. The molecule has 1 saturated carbocycles. The number of rotatable bonds is 3. The Kier molecular flexibility index (Phi) is 3.48. The molecule has 1 unspecified atom stereocenters. The molecule has 96 valence electrons. The number of isocyanates is 1. The van der Waals surface area contributed by atoms with Gasteiger partial charge in [0.2, 0.25) is 6.08 Å². The van der Waals surface area contributed by atoms with E-state index in [9.17, 15) is 14.3 Å². The van der Waals surface area contributed by atoms with E-state index in [2.05, 4.69) is 4.99 Å². The van der Waals surface area contributed by atoms with Crippen LogP contribution < -0.4 is 0 Å². The Hall–Kier alpha value is -1.67. The van der Waals surface area contributed by atoms with Crippen LogP contribution in [0.4, 0.5) is 4.39 Å². The number of phenols is 1. The van der Waals surface area contributed by atoms with E-state index in [1.807, 2.05) is 0 Å². The molecule has 1 aliphatic rings. The van der Waals surface area contributed by atoms with Gasteiger partial charge in [0, 0.05) is 5.56 Å². The highest BCUT2D eigenvalue weighted by atomic mass is 19.1. The molecule has 4 heteroatoms. The minimum Gasteiger partial charge on any atom is -0.508 e. The van der Waals surface area contributed by atoms with Crippen molar-refractivity contribution in [2.45, 2.75) is 44.3 Å². The average Bonchev–Trinajstić information content (AvgIpc) is 2.79. The highest BCUT2D eigenvalue weighted by Crippen LogP contribution is 2.43. The predicted octanol–water partition coefficient (Wildman–Crippen LogP) is 3.53. The summed E-state index contributed by atoms with van der Waals surface area (Å²) in [6.45, 7) is 1.38. The van der Waals surface area contributed by atoms with Crippen molar-refractivity contribution in [2.24, 2.45) is 4.99 Å². The summed E-state index contributed by atoms with van der Waals surface area (Å²) in [4.78, 5) is 14.6. The van der Waals surface area contributed by atoms with Crippen molar-refractivity contribution >= 4 is 6.08 Å². The van der Waals surface area contributed by atoms with Crippen molar-refractivity contribution < 1.29 is 14.3 Å². The molecule has 1 fully saturated rings. The zero-order valence-corrected chi connectivity index (χ0v) is 10.3. The largest absolute Gasteiger partial charge is 0.508 e. The molecule has 0 bridgehead atoms. The summed E-state index contributed by atoms with van der Waals surface area (Å²) in [5.74, 6) is -0.0584. The standard InChI is InChI=1S/C14H16FNO2/c1-10(15)12-8-11(4-5-13(12)18)14(16-9-17)6-2-3-7-14/h4-5,8,10,18H,2-3,6-7H2,1H3.